The van der Waals surface area contributed by atoms with Crippen LogP contribution in [-0.4, -0.2) is 25.2 Å². The molecule has 25 heavy (non-hydrogen) atoms. The van der Waals surface area contributed by atoms with Crippen molar-refractivity contribution >= 4 is 11.6 Å². The number of amides is 1. The molecule has 5 nitrogen and oxygen atoms in total. The van der Waals surface area contributed by atoms with E-state index in [1.165, 1.54) is 12.7 Å². The zero-order valence-electron chi connectivity index (χ0n) is 15.1. The lowest BCUT2D eigenvalue weighted by Gasteiger charge is -2.16. The molecule has 0 spiro atoms. The van der Waals surface area contributed by atoms with Crippen molar-refractivity contribution in [1.29, 1.82) is 0 Å². The highest BCUT2D eigenvalue weighted by molar-refractivity contribution is 5.90. The van der Waals surface area contributed by atoms with Crippen molar-refractivity contribution in [2.75, 3.05) is 19.5 Å². The van der Waals surface area contributed by atoms with Crippen molar-refractivity contribution in [1.82, 2.24) is 0 Å². The van der Waals surface area contributed by atoms with Gasteiger partial charge in [-0.3, -0.25) is 4.79 Å². The highest BCUT2D eigenvalue weighted by Gasteiger charge is 2.16. The maximum Gasteiger partial charge on any atom is 0.224 e. The number of ether oxygens (including phenoxy) is 2. The molecule has 0 heterocycles. The minimum Gasteiger partial charge on any atom is -0.497 e. The summed E-state index contributed by atoms with van der Waals surface area (Å²) in [6.07, 6.45) is -0.269. The minimum atomic E-state index is -0.786. The molecule has 0 aliphatic carbocycles. The van der Waals surface area contributed by atoms with Gasteiger partial charge >= 0.3 is 0 Å². The lowest BCUT2D eigenvalue weighted by Crippen LogP contribution is -2.13. The van der Waals surface area contributed by atoms with Gasteiger partial charge in [-0.05, 0) is 55.7 Å². The van der Waals surface area contributed by atoms with Crippen molar-refractivity contribution in [2.24, 2.45) is 0 Å². The van der Waals surface area contributed by atoms with E-state index in [1.807, 2.05) is 32.0 Å². The van der Waals surface area contributed by atoms with E-state index < -0.39 is 6.10 Å². The van der Waals surface area contributed by atoms with Gasteiger partial charge in [-0.1, -0.05) is 6.07 Å². The number of hydrogen-bond donors (Lipinski definition) is 2. The molecule has 0 bridgehead atoms. The molecule has 2 N–H and O–H groups in total. The third kappa shape index (κ3) is 4.97. The van der Waals surface area contributed by atoms with Crippen LogP contribution in [0.4, 0.5) is 5.69 Å². The molecule has 1 atom stereocenters. The van der Waals surface area contributed by atoms with Gasteiger partial charge in [0.25, 0.3) is 0 Å². The Hall–Kier alpha value is -2.53. The molecule has 5 heteroatoms. The molecule has 0 aliphatic heterocycles. The topological polar surface area (TPSA) is 67.8 Å². The molecular formula is C20H25NO4. The van der Waals surface area contributed by atoms with E-state index >= 15 is 0 Å². The summed E-state index contributed by atoms with van der Waals surface area (Å²) >= 11 is 0. The number of carbonyl (C=O) groups is 1. The number of carbonyl (C=O) groups excluding carboxylic acids is 1. The van der Waals surface area contributed by atoms with Gasteiger partial charge in [0, 0.05) is 23.7 Å². The van der Waals surface area contributed by atoms with E-state index in [9.17, 15) is 9.90 Å². The highest BCUT2D eigenvalue weighted by atomic mass is 16.5. The number of anilines is 1. The lowest BCUT2D eigenvalue weighted by atomic mass is 10.0. The summed E-state index contributed by atoms with van der Waals surface area (Å²) in [5.74, 6) is 1.07. The molecule has 0 radical (unpaired) electrons. The first-order valence-corrected chi connectivity index (χ1v) is 8.21. The smallest absolute Gasteiger partial charge is 0.224 e. The van der Waals surface area contributed by atoms with Crippen molar-refractivity contribution < 1.29 is 19.4 Å². The number of aryl methyl sites for hydroxylation is 2. The molecule has 2 aromatic carbocycles. The number of aliphatic hydroxyl groups is 1. The Morgan fingerprint density at radius 3 is 2.48 bits per heavy atom. The van der Waals surface area contributed by atoms with Gasteiger partial charge in [0.2, 0.25) is 5.91 Å². The summed E-state index contributed by atoms with van der Waals surface area (Å²) in [5, 5.41) is 13.3. The van der Waals surface area contributed by atoms with E-state index in [-0.39, 0.29) is 12.3 Å². The van der Waals surface area contributed by atoms with Crippen LogP contribution in [0.25, 0.3) is 0 Å². The molecule has 2 aromatic rings. The first-order chi connectivity index (χ1) is 11.9. The molecule has 1 amide bonds. The number of benzene rings is 2. The number of aliphatic hydroxyl groups excluding tert-OH is 1. The highest BCUT2D eigenvalue weighted by Crippen LogP contribution is 2.31. The first kappa shape index (κ1) is 18.8. The van der Waals surface area contributed by atoms with Crippen LogP contribution in [0, 0.1) is 13.8 Å². The number of methoxy groups -OCH3 is 2. The molecule has 0 fully saturated rings. The van der Waals surface area contributed by atoms with Gasteiger partial charge in [0.1, 0.15) is 11.5 Å². The summed E-state index contributed by atoms with van der Waals surface area (Å²) in [6.45, 7) is 4.03. The molecule has 134 valence electrons. The largest absolute Gasteiger partial charge is 0.497 e. The quantitative estimate of drug-likeness (QED) is 0.803. The van der Waals surface area contributed by atoms with E-state index in [0.29, 0.717) is 23.5 Å². The van der Waals surface area contributed by atoms with Crippen molar-refractivity contribution in [2.45, 2.75) is 32.8 Å². The second-order valence-corrected chi connectivity index (χ2v) is 6.01. The van der Waals surface area contributed by atoms with Crippen molar-refractivity contribution in [3.8, 4) is 11.5 Å². The number of rotatable bonds is 7. The van der Waals surface area contributed by atoms with Crippen LogP contribution < -0.4 is 14.8 Å². The van der Waals surface area contributed by atoms with E-state index in [2.05, 4.69) is 5.32 Å². The van der Waals surface area contributed by atoms with Crippen LogP contribution in [0.3, 0.4) is 0 Å². The average Bonchev–Trinajstić information content (AvgIpc) is 2.62. The Balaban J connectivity index is 1.96. The second kappa shape index (κ2) is 8.53. The molecule has 0 saturated carbocycles. The predicted molar refractivity (Wildman–Crippen MR) is 98.3 cm³/mol. The average molecular weight is 343 g/mol. The maximum atomic E-state index is 12.1. The fourth-order valence-corrected chi connectivity index (χ4v) is 2.56. The van der Waals surface area contributed by atoms with Crippen LogP contribution in [0.1, 0.15) is 35.6 Å². The van der Waals surface area contributed by atoms with Gasteiger partial charge in [0.15, 0.2) is 0 Å². The van der Waals surface area contributed by atoms with Gasteiger partial charge in [-0.2, -0.15) is 0 Å². The van der Waals surface area contributed by atoms with Crippen LogP contribution in [0.2, 0.25) is 0 Å². The third-order valence-electron chi connectivity index (χ3n) is 4.24. The van der Waals surface area contributed by atoms with Gasteiger partial charge in [-0.15, -0.1) is 0 Å². The standard InChI is InChI=1S/C20H25NO4/c1-13-5-6-15(11-14(13)2)21-20(23)10-9-18(22)17-8-7-16(24-3)12-19(17)25-4/h5-8,11-12,18,22H,9-10H2,1-4H3,(H,21,23). The van der Waals surface area contributed by atoms with E-state index in [4.69, 9.17) is 9.47 Å². The van der Waals surface area contributed by atoms with Crippen LogP contribution in [0.5, 0.6) is 11.5 Å². The number of hydrogen-bond acceptors (Lipinski definition) is 4. The van der Waals surface area contributed by atoms with E-state index in [0.717, 1.165) is 11.3 Å². The van der Waals surface area contributed by atoms with Crippen molar-refractivity contribution in [3.63, 3.8) is 0 Å². The summed E-state index contributed by atoms with van der Waals surface area (Å²) in [7, 11) is 3.11. The molecule has 1 unspecified atom stereocenters. The summed E-state index contributed by atoms with van der Waals surface area (Å²) < 4.78 is 10.4. The molecule has 0 saturated heterocycles. The van der Waals surface area contributed by atoms with E-state index in [1.54, 1.807) is 25.3 Å². The summed E-state index contributed by atoms with van der Waals surface area (Å²) in [5.41, 5.74) is 3.72. The zero-order chi connectivity index (χ0) is 18.4. The Labute approximate surface area is 148 Å². The number of nitrogens with one attached hydrogen (secondary N) is 1. The van der Waals surface area contributed by atoms with Gasteiger partial charge in [-0.25, -0.2) is 0 Å². The van der Waals surface area contributed by atoms with Crippen LogP contribution in [0.15, 0.2) is 36.4 Å². The summed E-state index contributed by atoms with van der Waals surface area (Å²) in [6, 6.07) is 11.0. The third-order valence-corrected chi connectivity index (χ3v) is 4.24. The normalized spacial score (nSPS) is 11.7. The Bertz CT molecular complexity index is 742. The molecule has 0 aliphatic rings. The summed E-state index contributed by atoms with van der Waals surface area (Å²) in [4.78, 5) is 12.1. The predicted octanol–water partition coefficient (Wildman–Crippen LogP) is 3.77. The monoisotopic (exact) mass is 343 g/mol. The Morgan fingerprint density at radius 1 is 1.08 bits per heavy atom. The van der Waals surface area contributed by atoms with Crippen LogP contribution >= 0.6 is 0 Å². The molecule has 0 aromatic heterocycles. The fourth-order valence-electron chi connectivity index (χ4n) is 2.56. The zero-order valence-corrected chi connectivity index (χ0v) is 15.1. The maximum absolute atomic E-state index is 12.1. The van der Waals surface area contributed by atoms with Gasteiger partial charge < -0.3 is 19.9 Å². The molecule has 2 rings (SSSR count). The van der Waals surface area contributed by atoms with Crippen LogP contribution in [-0.2, 0) is 4.79 Å². The fraction of sp³-hybridized carbons (Fsp3) is 0.350. The lowest BCUT2D eigenvalue weighted by molar-refractivity contribution is -0.116. The van der Waals surface area contributed by atoms with Gasteiger partial charge in [0.05, 0.1) is 20.3 Å². The second-order valence-electron chi connectivity index (χ2n) is 6.01. The Morgan fingerprint density at radius 2 is 1.84 bits per heavy atom. The first-order valence-electron chi connectivity index (χ1n) is 8.21. The Kier molecular flexibility index (Phi) is 6.42. The van der Waals surface area contributed by atoms with Crippen molar-refractivity contribution in [3.05, 3.63) is 53.1 Å². The minimum absolute atomic E-state index is 0.130. The SMILES string of the molecule is COc1ccc(C(O)CCC(=O)Nc2ccc(C)c(C)c2)c(OC)c1. The molecular weight excluding hydrogens is 318 g/mol.